The number of anilines is 1. The summed E-state index contributed by atoms with van der Waals surface area (Å²) in [6.45, 7) is 8.30. The molecule has 1 heterocycles. The minimum absolute atomic E-state index is 0.0381. The molecule has 0 spiro atoms. The van der Waals surface area contributed by atoms with Crippen LogP contribution in [0.3, 0.4) is 0 Å². The van der Waals surface area contributed by atoms with Gasteiger partial charge >= 0.3 is 0 Å². The predicted octanol–water partition coefficient (Wildman–Crippen LogP) is 5.55. The summed E-state index contributed by atoms with van der Waals surface area (Å²) in [5.74, 6) is 0. The number of aryl methyl sites for hydroxylation is 1. The molecule has 3 aromatic rings. The number of ether oxygens (including phenoxy) is 1. The van der Waals surface area contributed by atoms with Crippen LogP contribution in [0, 0.1) is 6.92 Å². The summed E-state index contributed by atoms with van der Waals surface area (Å²) in [4.78, 5) is 2.12. The third kappa shape index (κ3) is 3.36. The third-order valence-electron chi connectivity index (χ3n) is 5.06. The lowest BCUT2D eigenvalue weighted by molar-refractivity contribution is 0.0810. The monoisotopic (exact) mass is 350 g/mol. The number of hydrogen-bond donors (Lipinski definition) is 0. The van der Waals surface area contributed by atoms with Gasteiger partial charge in [0.25, 0.3) is 0 Å². The van der Waals surface area contributed by atoms with E-state index in [0.717, 1.165) is 19.6 Å². The van der Waals surface area contributed by atoms with Crippen molar-refractivity contribution in [2.45, 2.75) is 39.8 Å². The molecule has 0 radical (unpaired) electrons. The Kier molecular flexibility index (Phi) is 5.67. The lowest BCUT2D eigenvalue weighted by atomic mass is 9.98. The molecule has 0 aliphatic carbocycles. The van der Waals surface area contributed by atoms with Crippen LogP contribution in [0.1, 0.15) is 43.2 Å². The van der Waals surface area contributed by atoms with Gasteiger partial charge in [0.15, 0.2) is 0 Å². The molecule has 0 amide bonds. The molecule has 1 aromatic heterocycles. The van der Waals surface area contributed by atoms with Crippen molar-refractivity contribution in [2.75, 3.05) is 25.6 Å². The first kappa shape index (κ1) is 18.5. The molecule has 3 heteroatoms. The maximum absolute atomic E-state index is 6.38. The van der Waals surface area contributed by atoms with Crippen LogP contribution in [0.2, 0.25) is 0 Å². The quantitative estimate of drug-likeness (QED) is 0.556. The van der Waals surface area contributed by atoms with Crippen molar-refractivity contribution in [2.24, 2.45) is 0 Å². The Morgan fingerprint density at radius 3 is 2.31 bits per heavy atom. The topological polar surface area (TPSA) is 17.4 Å². The Balaban J connectivity index is 2.14. The van der Waals surface area contributed by atoms with Crippen molar-refractivity contribution < 1.29 is 4.74 Å². The molecule has 0 fully saturated rings. The second-order valence-electron chi connectivity index (χ2n) is 7.00. The number of para-hydroxylation sites is 1. The predicted molar refractivity (Wildman–Crippen MR) is 111 cm³/mol. The summed E-state index contributed by atoms with van der Waals surface area (Å²) in [6.07, 6.45) is 0.974. The highest BCUT2D eigenvalue weighted by Gasteiger charge is 2.23. The molecule has 1 unspecified atom stereocenters. The van der Waals surface area contributed by atoms with Crippen LogP contribution in [0.15, 0.2) is 48.5 Å². The SMILES string of the molecule is CCCOC(c1ccc(N(C)C)cc1)c1c(C)n(CC)c2ccccc12. The van der Waals surface area contributed by atoms with Crippen LogP contribution >= 0.6 is 0 Å². The molecule has 1 atom stereocenters. The lowest BCUT2D eigenvalue weighted by Gasteiger charge is -2.21. The highest BCUT2D eigenvalue weighted by Crippen LogP contribution is 2.37. The summed E-state index contributed by atoms with van der Waals surface area (Å²) in [5, 5.41) is 1.30. The standard InChI is InChI=1S/C23H30N2O/c1-6-16-26-23(18-12-14-19(15-13-18)24(4)5)22-17(3)25(7-2)21-11-9-8-10-20(21)22/h8-15,23H,6-7,16H2,1-5H3. The Labute approximate surface area is 157 Å². The van der Waals surface area contributed by atoms with Gasteiger partial charge in [-0.25, -0.2) is 0 Å². The fraction of sp³-hybridized carbons (Fsp3) is 0.391. The fourth-order valence-corrected chi connectivity index (χ4v) is 3.73. The van der Waals surface area contributed by atoms with Crippen LogP contribution in [-0.4, -0.2) is 25.3 Å². The number of fused-ring (bicyclic) bond motifs is 1. The highest BCUT2D eigenvalue weighted by atomic mass is 16.5. The summed E-state index contributed by atoms with van der Waals surface area (Å²) >= 11 is 0. The van der Waals surface area contributed by atoms with Gasteiger partial charge in [0.1, 0.15) is 6.10 Å². The highest BCUT2D eigenvalue weighted by molar-refractivity contribution is 5.86. The summed E-state index contributed by atoms with van der Waals surface area (Å²) < 4.78 is 8.77. The zero-order valence-corrected chi connectivity index (χ0v) is 16.6. The van der Waals surface area contributed by atoms with E-state index in [1.807, 2.05) is 0 Å². The number of benzene rings is 2. The van der Waals surface area contributed by atoms with E-state index in [0.29, 0.717) is 0 Å². The van der Waals surface area contributed by atoms with Crippen molar-refractivity contribution in [3.63, 3.8) is 0 Å². The molecule has 2 aromatic carbocycles. The van der Waals surface area contributed by atoms with Crippen LogP contribution in [-0.2, 0) is 11.3 Å². The molecule has 0 aliphatic rings. The molecule has 138 valence electrons. The van der Waals surface area contributed by atoms with Crippen molar-refractivity contribution >= 4 is 16.6 Å². The second-order valence-corrected chi connectivity index (χ2v) is 7.00. The van der Waals surface area contributed by atoms with E-state index in [2.05, 4.69) is 92.9 Å². The summed E-state index contributed by atoms with van der Waals surface area (Å²) in [6, 6.07) is 17.4. The van der Waals surface area contributed by atoms with Crippen LogP contribution in [0.25, 0.3) is 10.9 Å². The first-order valence-electron chi connectivity index (χ1n) is 9.55. The van der Waals surface area contributed by atoms with Crippen molar-refractivity contribution in [1.82, 2.24) is 4.57 Å². The van der Waals surface area contributed by atoms with E-state index >= 15 is 0 Å². The van der Waals surface area contributed by atoms with Gasteiger partial charge in [-0.1, -0.05) is 37.3 Å². The maximum atomic E-state index is 6.38. The minimum Gasteiger partial charge on any atom is -0.378 e. The number of nitrogens with zero attached hydrogens (tertiary/aromatic N) is 2. The first-order valence-corrected chi connectivity index (χ1v) is 9.55. The molecule has 0 saturated carbocycles. The lowest BCUT2D eigenvalue weighted by Crippen LogP contribution is -2.11. The Bertz CT molecular complexity index is 862. The molecule has 3 rings (SSSR count). The molecule has 0 aliphatic heterocycles. The van der Waals surface area contributed by atoms with E-state index in [-0.39, 0.29) is 6.10 Å². The molecule has 3 nitrogen and oxygen atoms in total. The van der Waals surface area contributed by atoms with Crippen molar-refractivity contribution in [3.05, 3.63) is 65.4 Å². The summed E-state index contributed by atoms with van der Waals surface area (Å²) in [5.41, 5.74) is 6.30. The normalized spacial score (nSPS) is 12.5. The molecule has 0 N–H and O–H groups in total. The first-order chi connectivity index (χ1) is 12.6. The fourth-order valence-electron chi connectivity index (χ4n) is 3.73. The Morgan fingerprint density at radius 1 is 1.00 bits per heavy atom. The minimum atomic E-state index is -0.0381. The molecule has 0 saturated heterocycles. The van der Waals surface area contributed by atoms with Gasteiger partial charge in [-0.15, -0.1) is 0 Å². The van der Waals surface area contributed by atoms with Gasteiger partial charge in [-0.2, -0.15) is 0 Å². The Hall–Kier alpha value is -2.26. The van der Waals surface area contributed by atoms with Crippen LogP contribution < -0.4 is 4.90 Å². The van der Waals surface area contributed by atoms with Crippen LogP contribution in [0.5, 0.6) is 0 Å². The third-order valence-corrected chi connectivity index (χ3v) is 5.06. The molecule has 0 bridgehead atoms. The molecular formula is C23H30N2O. The smallest absolute Gasteiger partial charge is 0.110 e. The van der Waals surface area contributed by atoms with E-state index in [4.69, 9.17) is 4.74 Å². The summed E-state index contributed by atoms with van der Waals surface area (Å²) in [7, 11) is 4.14. The molecule has 26 heavy (non-hydrogen) atoms. The van der Waals surface area contributed by atoms with Gasteiger partial charge in [0, 0.05) is 55.1 Å². The van der Waals surface area contributed by atoms with Gasteiger partial charge < -0.3 is 14.2 Å². The number of hydrogen-bond acceptors (Lipinski definition) is 2. The van der Waals surface area contributed by atoms with Gasteiger partial charge in [-0.3, -0.25) is 0 Å². The number of rotatable bonds is 7. The second kappa shape index (κ2) is 7.96. The Morgan fingerprint density at radius 2 is 1.69 bits per heavy atom. The largest absolute Gasteiger partial charge is 0.378 e. The maximum Gasteiger partial charge on any atom is 0.110 e. The van der Waals surface area contributed by atoms with Crippen LogP contribution in [0.4, 0.5) is 5.69 Å². The van der Waals surface area contributed by atoms with Gasteiger partial charge in [0.05, 0.1) is 0 Å². The number of aromatic nitrogens is 1. The van der Waals surface area contributed by atoms with Gasteiger partial charge in [-0.05, 0) is 44.0 Å². The van der Waals surface area contributed by atoms with Crippen molar-refractivity contribution in [1.29, 1.82) is 0 Å². The average Bonchev–Trinajstić information content (AvgIpc) is 2.94. The van der Waals surface area contributed by atoms with E-state index in [1.165, 1.54) is 33.4 Å². The zero-order chi connectivity index (χ0) is 18.7. The zero-order valence-electron chi connectivity index (χ0n) is 16.6. The van der Waals surface area contributed by atoms with E-state index in [9.17, 15) is 0 Å². The molecular weight excluding hydrogens is 320 g/mol. The average molecular weight is 351 g/mol. The van der Waals surface area contributed by atoms with Gasteiger partial charge in [0.2, 0.25) is 0 Å². The van der Waals surface area contributed by atoms with E-state index in [1.54, 1.807) is 0 Å². The van der Waals surface area contributed by atoms with E-state index < -0.39 is 0 Å². The van der Waals surface area contributed by atoms with Crippen molar-refractivity contribution in [3.8, 4) is 0 Å².